The molecule has 0 aliphatic rings. The zero-order valence-electron chi connectivity index (χ0n) is 22.9. The van der Waals surface area contributed by atoms with Gasteiger partial charge in [-0.1, -0.05) is 66.2 Å². The molecule has 0 saturated carbocycles. The molecule has 2 atom stereocenters. The smallest absolute Gasteiger partial charge is 0.220 e. The van der Waals surface area contributed by atoms with Crippen LogP contribution < -0.4 is 0 Å². The van der Waals surface area contributed by atoms with Crippen molar-refractivity contribution in [3.63, 3.8) is 0 Å². The molecule has 0 aromatic carbocycles. The van der Waals surface area contributed by atoms with E-state index in [1.54, 1.807) is 28.4 Å². The fraction of sp³-hybridized carbons (Fsp3) is 1.00. The van der Waals surface area contributed by atoms with E-state index in [1.807, 2.05) is 0 Å². The second-order valence-electron chi connectivity index (χ2n) is 8.60. The van der Waals surface area contributed by atoms with Crippen LogP contribution in [-0.4, -0.2) is 65.8 Å². The maximum absolute atomic E-state index is 6.52. The molecule has 0 bridgehead atoms. The molecular weight excluding hydrogens is 424 g/mol. The van der Waals surface area contributed by atoms with Crippen molar-refractivity contribution in [2.24, 2.45) is 0 Å². The number of hydrogen-bond acceptors (Lipinski definition) is 7. The zero-order valence-corrected chi connectivity index (χ0v) is 22.9. The number of ether oxygens (including phenoxy) is 7. The summed E-state index contributed by atoms with van der Waals surface area (Å²) in [5, 5.41) is 0. The second-order valence-corrected chi connectivity index (χ2v) is 8.60. The number of rotatable bonds is 24. The minimum atomic E-state index is -1.05. The first kappa shape index (κ1) is 32.7. The summed E-state index contributed by atoms with van der Waals surface area (Å²) in [4.78, 5) is 0. The number of methoxy groups -OCH3 is 4. The van der Waals surface area contributed by atoms with Crippen LogP contribution in [0.5, 0.6) is 0 Å². The summed E-state index contributed by atoms with van der Waals surface area (Å²) >= 11 is 0. The molecule has 0 aromatic heterocycles. The normalized spacial score (nSPS) is 14.5. The highest BCUT2D eigenvalue weighted by molar-refractivity contribution is 4.80. The molecule has 0 heterocycles. The largest absolute Gasteiger partial charge is 0.349 e. The second kappa shape index (κ2) is 20.0. The molecule has 0 radical (unpaired) electrons. The van der Waals surface area contributed by atoms with Gasteiger partial charge < -0.3 is 33.2 Å². The predicted octanol–water partition coefficient (Wildman–Crippen LogP) is 6.43. The molecule has 0 amide bonds. The van der Waals surface area contributed by atoms with Crippen LogP contribution in [-0.2, 0) is 33.2 Å². The first-order valence-corrected chi connectivity index (χ1v) is 13.1. The maximum atomic E-state index is 6.52. The Hall–Kier alpha value is -0.280. The highest BCUT2D eigenvalue weighted by Gasteiger charge is 2.48. The Morgan fingerprint density at radius 1 is 0.485 bits per heavy atom. The summed E-state index contributed by atoms with van der Waals surface area (Å²) in [5.41, 5.74) is 0. The van der Waals surface area contributed by atoms with Gasteiger partial charge in [0.1, 0.15) is 0 Å². The molecule has 200 valence electrons. The van der Waals surface area contributed by atoms with Crippen LogP contribution in [0.4, 0.5) is 0 Å². The summed E-state index contributed by atoms with van der Waals surface area (Å²) in [6.07, 6.45) is 10.1. The highest BCUT2D eigenvalue weighted by Crippen LogP contribution is 2.34. The van der Waals surface area contributed by atoms with E-state index >= 15 is 0 Å². The maximum Gasteiger partial charge on any atom is 0.220 e. The Kier molecular flexibility index (Phi) is 19.8. The molecule has 2 unspecified atom stereocenters. The molecule has 0 aliphatic heterocycles. The van der Waals surface area contributed by atoms with Gasteiger partial charge in [0, 0.05) is 54.5 Å². The van der Waals surface area contributed by atoms with E-state index in [2.05, 4.69) is 27.7 Å². The molecule has 7 nitrogen and oxygen atoms in total. The van der Waals surface area contributed by atoms with Crippen molar-refractivity contribution in [1.82, 2.24) is 0 Å². The van der Waals surface area contributed by atoms with Crippen molar-refractivity contribution in [1.29, 1.82) is 0 Å². The van der Waals surface area contributed by atoms with Crippen LogP contribution >= 0.6 is 0 Å². The van der Waals surface area contributed by atoms with E-state index in [9.17, 15) is 0 Å². The zero-order chi connectivity index (χ0) is 25.0. The fourth-order valence-corrected chi connectivity index (χ4v) is 3.89. The lowest BCUT2D eigenvalue weighted by atomic mass is 10.0. The molecule has 0 saturated heterocycles. The van der Waals surface area contributed by atoms with Crippen LogP contribution in [0.3, 0.4) is 0 Å². The van der Waals surface area contributed by atoms with Crippen molar-refractivity contribution in [3.8, 4) is 0 Å². The van der Waals surface area contributed by atoms with Crippen molar-refractivity contribution >= 4 is 0 Å². The Balaban J connectivity index is 5.85. The van der Waals surface area contributed by atoms with Gasteiger partial charge in [-0.15, -0.1) is 0 Å². The monoisotopic (exact) mass is 478 g/mol. The Morgan fingerprint density at radius 2 is 0.848 bits per heavy atom. The molecule has 0 aliphatic carbocycles. The molecule has 0 rings (SSSR count). The van der Waals surface area contributed by atoms with Crippen molar-refractivity contribution in [2.75, 3.05) is 41.7 Å². The van der Waals surface area contributed by atoms with Crippen LogP contribution in [0.2, 0.25) is 0 Å². The first-order valence-electron chi connectivity index (χ1n) is 13.1. The third kappa shape index (κ3) is 11.3. The van der Waals surface area contributed by atoms with Gasteiger partial charge in [-0.3, -0.25) is 0 Å². The van der Waals surface area contributed by atoms with E-state index < -0.39 is 24.2 Å². The van der Waals surface area contributed by atoms with Crippen LogP contribution in [0.25, 0.3) is 0 Å². The lowest BCUT2D eigenvalue weighted by Crippen LogP contribution is -2.56. The molecule has 7 heteroatoms. The van der Waals surface area contributed by atoms with Gasteiger partial charge >= 0.3 is 0 Å². The Bertz CT molecular complexity index is 387. The van der Waals surface area contributed by atoms with Crippen molar-refractivity contribution in [3.05, 3.63) is 0 Å². The summed E-state index contributed by atoms with van der Waals surface area (Å²) in [5.74, 6) is -2.10. The highest BCUT2D eigenvalue weighted by atomic mass is 16.8. The molecule has 33 heavy (non-hydrogen) atoms. The first-order chi connectivity index (χ1) is 16.0. The van der Waals surface area contributed by atoms with Gasteiger partial charge in [-0.2, -0.15) is 0 Å². The molecular formula is C26H54O7. The van der Waals surface area contributed by atoms with E-state index in [-0.39, 0.29) is 0 Å². The Labute approximate surface area is 204 Å². The Morgan fingerprint density at radius 3 is 1.12 bits per heavy atom. The molecule has 0 N–H and O–H groups in total. The average Bonchev–Trinajstić information content (AvgIpc) is 2.85. The lowest BCUT2D eigenvalue weighted by Gasteiger charge is -2.43. The van der Waals surface area contributed by atoms with E-state index in [4.69, 9.17) is 33.2 Å². The molecule has 0 spiro atoms. The predicted molar refractivity (Wildman–Crippen MR) is 132 cm³/mol. The average molecular weight is 479 g/mol. The minimum absolute atomic E-state index is 0.512. The van der Waals surface area contributed by atoms with Gasteiger partial charge in [0.2, 0.25) is 24.2 Å². The molecule has 0 fully saturated rings. The standard InChI is InChI=1S/C26H54O7/c1-9-13-15-17-19-25(27-5,28-6)23(31-21-11-3)33-24(32-22-12-4)26(29-7,30-8)20-18-16-14-10-2/h23-24H,9-22H2,1-8H3. The third-order valence-electron chi connectivity index (χ3n) is 6.05. The molecule has 0 aromatic rings. The van der Waals surface area contributed by atoms with E-state index in [0.717, 1.165) is 51.4 Å². The van der Waals surface area contributed by atoms with Gasteiger partial charge in [-0.25, -0.2) is 0 Å². The number of unbranched alkanes of at least 4 members (excludes halogenated alkanes) is 6. The quantitative estimate of drug-likeness (QED) is 0.117. The van der Waals surface area contributed by atoms with Crippen LogP contribution in [0.1, 0.15) is 105 Å². The SMILES string of the molecule is CCCCCCC(OC)(OC)C(OCCC)OC(OCCC)C(CCCCCC)(OC)OC. The van der Waals surface area contributed by atoms with Crippen molar-refractivity contribution in [2.45, 2.75) is 129 Å². The van der Waals surface area contributed by atoms with E-state index in [1.165, 1.54) is 12.8 Å². The number of hydrogen-bond donors (Lipinski definition) is 0. The summed E-state index contributed by atoms with van der Waals surface area (Å²) in [6.45, 7) is 9.54. The summed E-state index contributed by atoms with van der Waals surface area (Å²) in [6, 6.07) is 0. The fourth-order valence-electron chi connectivity index (χ4n) is 3.89. The van der Waals surface area contributed by atoms with Crippen molar-refractivity contribution < 1.29 is 33.2 Å². The van der Waals surface area contributed by atoms with Gasteiger partial charge in [-0.05, 0) is 25.7 Å². The third-order valence-corrected chi connectivity index (χ3v) is 6.05. The summed E-state index contributed by atoms with van der Waals surface area (Å²) in [7, 11) is 6.56. The van der Waals surface area contributed by atoms with Gasteiger partial charge in [0.25, 0.3) is 0 Å². The topological polar surface area (TPSA) is 64.6 Å². The minimum Gasteiger partial charge on any atom is -0.349 e. The van der Waals surface area contributed by atoms with Gasteiger partial charge in [0.15, 0.2) is 0 Å². The van der Waals surface area contributed by atoms with Crippen LogP contribution in [0.15, 0.2) is 0 Å². The summed E-state index contributed by atoms with van der Waals surface area (Å²) < 4.78 is 42.5. The van der Waals surface area contributed by atoms with E-state index in [0.29, 0.717) is 26.1 Å². The van der Waals surface area contributed by atoms with Crippen LogP contribution in [0, 0.1) is 0 Å². The van der Waals surface area contributed by atoms with Gasteiger partial charge in [0.05, 0.1) is 0 Å². The lowest BCUT2D eigenvalue weighted by molar-refractivity contribution is -0.415.